The van der Waals surface area contributed by atoms with E-state index in [0.717, 1.165) is 18.6 Å². The van der Waals surface area contributed by atoms with Gasteiger partial charge in [0.1, 0.15) is 18.6 Å². The SMILES string of the molecule is CCOc1cccc(Oc2ccc[n+](OC)c2)c1.COS(=O)(=O)[O-]. The molecular formula is C15H19NO7S. The molecule has 0 amide bonds. The van der Waals surface area contributed by atoms with Gasteiger partial charge in [0.25, 0.3) is 6.20 Å². The number of pyridine rings is 1. The fraction of sp³-hybridized carbons (Fsp3) is 0.267. The van der Waals surface area contributed by atoms with Gasteiger partial charge in [-0.25, -0.2) is 8.42 Å². The molecule has 2 rings (SSSR count). The molecular weight excluding hydrogens is 338 g/mol. The maximum absolute atomic E-state index is 9.22. The highest BCUT2D eigenvalue weighted by Crippen LogP contribution is 2.24. The second-order valence-electron chi connectivity index (χ2n) is 4.17. The van der Waals surface area contributed by atoms with Crippen LogP contribution >= 0.6 is 0 Å². The Morgan fingerprint density at radius 1 is 1.08 bits per heavy atom. The first-order chi connectivity index (χ1) is 11.4. The largest absolute Gasteiger partial charge is 0.726 e. The predicted molar refractivity (Wildman–Crippen MR) is 83.5 cm³/mol. The number of aromatic nitrogens is 1. The minimum atomic E-state index is -4.41. The highest BCUT2D eigenvalue weighted by molar-refractivity contribution is 7.80. The van der Waals surface area contributed by atoms with Crippen molar-refractivity contribution in [3.05, 3.63) is 48.8 Å². The number of ether oxygens (including phenoxy) is 2. The Labute approximate surface area is 141 Å². The fourth-order valence-corrected chi connectivity index (χ4v) is 1.54. The monoisotopic (exact) mass is 357 g/mol. The van der Waals surface area contributed by atoms with Gasteiger partial charge in [-0.15, -0.1) is 0 Å². The number of rotatable bonds is 6. The van der Waals surface area contributed by atoms with Crippen molar-refractivity contribution < 1.29 is 36.2 Å². The van der Waals surface area contributed by atoms with Crippen molar-refractivity contribution in [3.8, 4) is 17.2 Å². The van der Waals surface area contributed by atoms with Crippen LogP contribution in [0.1, 0.15) is 6.92 Å². The summed E-state index contributed by atoms with van der Waals surface area (Å²) >= 11 is 0. The lowest BCUT2D eigenvalue weighted by atomic mass is 10.3. The van der Waals surface area contributed by atoms with Crippen LogP contribution in [-0.2, 0) is 14.6 Å². The zero-order chi connectivity index (χ0) is 18.0. The lowest BCUT2D eigenvalue weighted by Crippen LogP contribution is -2.39. The summed E-state index contributed by atoms with van der Waals surface area (Å²) in [5.74, 6) is 2.23. The lowest BCUT2D eigenvalue weighted by molar-refractivity contribution is -0.885. The van der Waals surface area contributed by atoms with Gasteiger partial charge in [0, 0.05) is 16.9 Å². The van der Waals surface area contributed by atoms with Crippen LogP contribution in [0.2, 0.25) is 0 Å². The first kappa shape index (κ1) is 19.7. The van der Waals surface area contributed by atoms with Crippen molar-refractivity contribution in [2.24, 2.45) is 0 Å². The molecule has 0 atom stereocenters. The summed E-state index contributed by atoms with van der Waals surface area (Å²) in [6.45, 7) is 2.59. The van der Waals surface area contributed by atoms with Crippen molar-refractivity contribution in [1.29, 1.82) is 0 Å². The molecule has 2 aromatic rings. The molecule has 8 nitrogen and oxygen atoms in total. The van der Waals surface area contributed by atoms with Crippen LogP contribution in [0.25, 0.3) is 0 Å². The van der Waals surface area contributed by atoms with Gasteiger partial charge >= 0.3 is 0 Å². The van der Waals surface area contributed by atoms with E-state index < -0.39 is 10.4 Å². The minimum absolute atomic E-state index is 0.637. The van der Waals surface area contributed by atoms with Crippen LogP contribution in [0.15, 0.2) is 48.8 Å². The average Bonchev–Trinajstić information content (AvgIpc) is 2.56. The Hall–Kier alpha value is -2.36. The molecule has 0 saturated carbocycles. The molecule has 0 N–H and O–H groups in total. The van der Waals surface area contributed by atoms with Gasteiger partial charge in [-0.05, 0) is 25.1 Å². The quantitative estimate of drug-likeness (QED) is 0.437. The first-order valence-electron chi connectivity index (χ1n) is 6.86. The molecule has 1 heterocycles. The van der Waals surface area contributed by atoms with Crippen LogP contribution in [0.3, 0.4) is 0 Å². The molecule has 0 aliphatic heterocycles. The normalized spacial score (nSPS) is 10.3. The van der Waals surface area contributed by atoms with E-state index in [-0.39, 0.29) is 0 Å². The van der Waals surface area contributed by atoms with Crippen molar-refractivity contribution in [1.82, 2.24) is 0 Å². The Kier molecular flexibility index (Phi) is 7.96. The fourth-order valence-electron chi connectivity index (χ4n) is 1.54. The number of benzene rings is 1. The maximum atomic E-state index is 9.22. The molecule has 24 heavy (non-hydrogen) atoms. The number of nitrogens with zero attached hydrogens (tertiary/aromatic N) is 1. The molecule has 1 aromatic heterocycles. The zero-order valence-corrected chi connectivity index (χ0v) is 14.4. The maximum Gasteiger partial charge on any atom is 0.264 e. The van der Waals surface area contributed by atoms with Crippen molar-refractivity contribution in [2.45, 2.75) is 6.92 Å². The Balaban J connectivity index is 0.000000413. The van der Waals surface area contributed by atoms with Crippen molar-refractivity contribution in [2.75, 3.05) is 20.8 Å². The highest BCUT2D eigenvalue weighted by Gasteiger charge is 2.05. The van der Waals surface area contributed by atoms with Gasteiger partial charge in [0.2, 0.25) is 16.6 Å². The van der Waals surface area contributed by atoms with Crippen LogP contribution in [-0.4, -0.2) is 33.8 Å². The van der Waals surface area contributed by atoms with Gasteiger partial charge in [-0.2, -0.15) is 0 Å². The van der Waals surface area contributed by atoms with E-state index in [4.69, 9.17) is 14.3 Å². The molecule has 0 unspecified atom stereocenters. The minimum Gasteiger partial charge on any atom is -0.726 e. The third kappa shape index (κ3) is 7.77. The van der Waals surface area contributed by atoms with Gasteiger partial charge in [0.15, 0.2) is 5.75 Å². The summed E-state index contributed by atoms with van der Waals surface area (Å²) in [5.41, 5.74) is 0. The Morgan fingerprint density at radius 3 is 2.29 bits per heavy atom. The number of hydrogen-bond donors (Lipinski definition) is 0. The van der Waals surface area contributed by atoms with Gasteiger partial charge in [-0.1, -0.05) is 6.07 Å². The van der Waals surface area contributed by atoms with E-state index in [2.05, 4.69) is 4.18 Å². The molecule has 9 heteroatoms. The summed E-state index contributed by atoms with van der Waals surface area (Å²) in [6.07, 6.45) is 3.55. The van der Waals surface area contributed by atoms with E-state index in [1.807, 2.05) is 43.3 Å². The first-order valence-corrected chi connectivity index (χ1v) is 8.19. The lowest BCUT2D eigenvalue weighted by Gasteiger charge is -2.06. The summed E-state index contributed by atoms with van der Waals surface area (Å²) in [4.78, 5) is 5.07. The molecule has 0 aliphatic carbocycles. The summed E-state index contributed by atoms with van der Waals surface area (Å²) < 4.78 is 43.7. The van der Waals surface area contributed by atoms with Crippen LogP contribution in [0, 0.1) is 0 Å². The second-order valence-corrected chi connectivity index (χ2v) is 5.32. The standard InChI is InChI=1S/C14H16NO3.CH4O4S/c1-3-17-12-6-4-7-13(10-12)18-14-8-5-9-15(11-14)16-2;1-5-6(2,3)4/h4-11H,3H2,1-2H3;1H3,(H,2,3,4)/q+1;/p-1. The van der Waals surface area contributed by atoms with E-state index in [1.165, 1.54) is 0 Å². The van der Waals surface area contributed by atoms with Crippen molar-refractivity contribution >= 4 is 10.4 Å². The Morgan fingerprint density at radius 2 is 1.71 bits per heavy atom. The van der Waals surface area contributed by atoms with Crippen LogP contribution in [0.5, 0.6) is 17.2 Å². The van der Waals surface area contributed by atoms with Crippen LogP contribution < -0.4 is 19.0 Å². The third-order valence-corrected chi connectivity index (χ3v) is 2.92. The molecule has 1 aromatic carbocycles. The average molecular weight is 357 g/mol. The summed E-state index contributed by atoms with van der Waals surface area (Å²) in [5, 5.41) is 0. The second kappa shape index (κ2) is 9.71. The Bertz CT molecular complexity index is 734. The topological polar surface area (TPSA) is 98.0 Å². The third-order valence-electron chi connectivity index (χ3n) is 2.52. The molecule has 0 radical (unpaired) electrons. The molecule has 0 fully saturated rings. The highest BCUT2D eigenvalue weighted by atomic mass is 32.3. The van der Waals surface area contributed by atoms with Crippen LogP contribution in [0.4, 0.5) is 0 Å². The molecule has 0 aliphatic rings. The predicted octanol–water partition coefficient (Wildman–Crippen LogP) is 1.32. The zero-order valence-electron chi connectivity index (χ0n) is 13.5. The van der Waals surface area contributed by atoms with Gasteiger partial charge < -0.3 is 14.0 Å². The molecule has 0 spiro atoms. The van der Waals surface area contributed by atoms with Crippen molar-refractivity contribution in [3.63, 3.8) is 0 Å². The molecule has 0 bridgehead atoms. The van der Waals surface area contributed by atoms with Gasteiger partial charge in [-0.3, -0.25) is 9.02 Å². The molecule has 0 saturated heterocycles. The van der Waals surface area contributed by atoms with E-state index in [9.17, 15) is 13.0 Å². The summed E-state index contributed by atoms with van der Waals surface area (Å²) in [6, 6.07) is 11.2. The number of hydrogen-bond acceptors (Lipinski definition) is 7. The van der Waals surface area contributed by atoms with E-state index in [1.54, 1.807) is 24.2 Å². The van der Waals surface area contributed by atoms with E-state index >= 15 is 0 Å². The summed E-state index contributed by atoms with van der Waals surface area (Å²) in [7, 11) is -2.01. The molecule has 132 valence electrons. The van der Waals surface area contributed by atoms with E-state index in [0.29, 0.717) is 12.4 Å². The van der Waals surface area contributed by atoms with Gasteiger partial charge in [0.05, 0.1) is 13.7 Å². The smallest absolute Gasteiger partial charge is 0.264 e.